The molecule has 1 atom stereocenters. The number of hydrogen-bond donors (Lipinski definition) is 0. The second-order valence-electron chi connectivity index (χ2n) is 2.25. The molecule has 10 heavy (non-hydrogen) atoms. The number of amides is 2. The molecule has 0 saturated carbocycles. The molecular formula is C6H6N2O2. The summed E-state index contributed by atoms with van der Waals surface area (Å²) in [7, 11) is 0. The van der Waals surface area contributed by atoms with Gasteiger partial charge in [-0.25, -0.2) is 9.79 Å². The molecule has 1 saturated heterocycles. The topological polar surface area (TPSA) is 51.0 Å². The van der Waals surface area contributed by atoms with Crippen molar-refractivity contribution in [3.63, 3.8) is 0 Å². The monoisotopic (exact) mass is 138 g/mol. The normalized spacial score (nSPS) is 29.4. The van der Waals surface area contributed by atoms with E-state index in [1.165, 1.54) is 0 Å². The highest BCUT2D eigenvalue weighted by atomic mass is 16.5. The summed E-state index contributed by atoms with van der Waals surface area (Å²) < 4.78 is 5.07. The number of ether oxygens (including phenoxy) is 1. The molecule has 1 fully saturated rings. The van der Waals surface area contributed by atoms with E-state index >= 15 is 0 Å². The molecule has 0 aliphatic carbocycles. The first-order valence-corrected chi connectivity index (χ1v) is 3.16. The van der Waals surface area contributed by atoms with Crippen molar-refractivity contribution in [2.45, 2.75) is 6.42 Å². The van der Waals surface area contributed by atoms with Gasteiger partial charge in [-0.05, 0) is 6.42 Å². The van der Waals surface area contributed by atoms with Crippen LogP contribution in [0.15, 0.2) is 9.98 Å². The van der Waals surface area contributed by atoms with Gasteiger partial charge in [0.25, 0.3) is 0 Å². The molecule has 0 radical (unpaired) electrons. The van der Waals surface area contributed by atoms with Crippen molar-refractivity contribution in [3.8, 4) is 0 Å². The summed E-state index contributed by atoms with van der Waals surface area (Å²) in [5.41, 5.74) is 0. The molecule has 0 bridgehead atoms. The van der Waals surface area contributed by atoms with Crippen molar-refractivity contribution in [1.82, 2.24) is 0 Å². The van der Waals surface area contributed by atoms with Crippen LogP contribution in [-0.2, 0) is 4.74 Å². The van der Waals surface area contributed by atoms with Gasteiger partial charge in [-0.15, -0.1) is 0 Å². The fourth-order valence-corrected chi connectivity index (χ4v) is 1.05. The lowest BCUT2D eigenvalue weighted by molar-refractivity contribution is 0.255. The fourth-order valence-electron chi connectivity index (χ4n) is 1.05. The van der Waals surface area contributed by atoms with Crippen LogP contribution in [0, 0.1) is 5.92 Å². The summed E-state index contributed by atoms with van der Waals surface area (Å²) in [4.78, 5) is 17.7. The van der Waals surface area contributed by atoms with Gasteiger partial charge in [0.1, 0.15) is 0 Å². The van der Waals surface area contributed by atoms with E-state index in [4.69, 9.17) is 4.74 Å². The molecule has 4 heteroatoms. The Bertz CT molecular complexity index is 232. The molecule has 52 valence electrons. The van der Waals surface area contributed by atoms with Gasteiger partial charge in [-0.1, -0.05) is 0 Å². The molecule has 2 rings (SSSR count). The average Bonchev–Trinajstić information content (AvgIpc) is 2.33. The van der Waals surface area contributed by atoms with E-state index in [-0.39, 0.29) is 5.92 Å². The van der Waals surface area contributed by atoms with Crippen LogP contribution in [0.5, 0.6) is 0 Å². The third kappa shape index (κ3) is 0.725. The van der Waals surface area contributed by atoms with Crippen LogP contribution < -0.4 is 0 Å². The van der Waals surface area contributed by atoms with Gasteiger partial charge in [0, 0.05) is 6.21 Å². The van der Waals surface area contributed by atoms with Crippen LogP contribution in [0.25, 0.3) is 0 Å². The maximum atomic E-state index is 10.5. The minimum absolute atomic E-state index is 0.165. The Hall–Kier alpha value is -1.19. The summed E-state index contributed by atoms with van der Waals surface area (Å²) >= 11 is 0. The Morgan fingerprint density at radius 3 is 3.50 bits per heavy atom. The molecule has 0 aromatic carbocycles. The van der Waals surface area contributed by atoms with Crippen molar-refractivity contribution in [1.29, 1.82) is 0 Å². The Kier molecular flexibility index (Phi) is 1.06. The summed E-state index contributed by atoms with van der Waals surface area (Å²) in [5.74, 6) is 0.706. The molecule has 0 aromatic rings. The molecule has 1 unspecified atom stereocenters. The second-order valence-corrected chi connectivity index (χ2v) is 2.25. The van der Waals surface area contributed by atoms with Gasteiger partial charge in [0.2, 0.25) is 5.90 Å². The molecule has 0 aromatic heterocycles. The maximum Gasteiger partial charge on any atom is 0.369 e. The minimum Gasteiger partial charge on any atom is -0.480 e. The number of fused-ring (bicyclic) bond motifs is 1. The number of nitrogens with zero attached hydrogens (tertiary/aromatic N) is 2. The fraction of sp³-hybridized carbons (Fsp3) is 0.500. The van der Waals surface area contributed by atoms with Crippen LogP contribution >= 0.6 is 0 Å². The predicted molar refractivity (Wildman–Crippen MR) is 35.4 cm³/mol. The van der Waals surface area contributed by atoms with Crippen LogP contribution in [-0.4, -0.2) is 24.8 Å². The zero-order valence-corrected chi connectivity index (χ0v) is 5.28. The van der Waals surface area contributed by atoms with E-state index in [1.807, 2.05) is 0 Å². The lowest BCUT2D eigenvalue weighted by Gasteiger charge is -2.03. The minimum atomic E-state index is -0.451. The van der Waals surface area contributed by atoms with Gasteiger partial charge < -0.3 is 4.74 Å². The quantitative estimate of drug-likeness (QED) is 0.492. The van der Waals surface area contributed by atoms with E-state index in [9.17, 15) is 4.79 Å². The number of aliphatic imine (C=N–C) groups is 2. The standard InChI is InChI=1S/C6H6N2O2/c9-6-7-3-4-1-2-10-5(4)8-6/h3-4H,1-2H2. The third-order valence-corrected chi connectivity index (χ3v) is 1.57. The second kappa shape index (κ2) is 1.90. The summed E-state index contributed by atoms with van der Waals surface area (Å²) in [6.07, 6.45) is 2.51. The number of urea groups is 1. The lowest BCUT2D eigenvalue weighted by Crippen LogP contribution is -2.15. The largest absolute Gasteiger partial charge is 0.480 e. The van der Waals surface area contributed by atoms with Gasteiger partial charge in [-0.3, -0.25) is 0 Å². The van der Waals surface area contributed by atoms with Crippen molar-refractivity contribution in [2.24, 2.45) is 15.9 Å². The highest BCUT2D eigenvalue weighted by Gasteiger charge is 2.26. The first-order chi connectivity index (χ1) is 4.86. The van der Waals surface area contributed by atoms with Gasteiger partial charge in [-0.2, -0.15) is 4.99 Å². The molecule has 2 aliphatic rings. The highest BCUT2D eigenvalue weighted by molar-refractivity contribution is 6.07. The Balaban J connectivity index is 2.30. The lowest BCUT2D eigenvalue weighted by atomic mass is 10.1. The van der Waals surface area contributed by atoms with Crippen molar-refractivity contribution in [2.75, 3.05) is 6.61 Å². The van der Waals surface area contributed by atoms with Gasteiger partial charge in [0.05, 0.1) is 12.5 Å². The van der Waals surface area contributed by atoms with E-state index in [2.05, 4.69) is 9.98 Å². The molecular weight excluding hydrogens is 132 g/mol. The smallest absolute Gasteiger partial charge is 0.369 e. The van der Waals surface area contributed by atoms with Crippen LogP contribution in [0.4, 0.5) is 4.79 Å². The van der Waals surface area contributed by atoms with Gasteiger partial charge >= 0.3 is 6.03 Å². The van der Waals surface area contributed by atoms with Crippen LogP contribution in [0.3, 0.4) is 0 Å². The maximum absolute atomic E-state index is 10.5. The van der Waals surface area contributed by atoms with Crippen molar-refractivity contribution >= 4 is 18.1 Å². The first kappa shape index (κ1) is 5.58. The van der Waals surface area contributed by atoms with E-state index in [0.29, 0.717) is 12.5 Å². The molecule has 2 amide bonds. The van der Waals surface area contributed by atoms with Crippen LogP contribution in [0.2, 0.25) is 0 Å². The molecule has 4 nitrogen and oxygen atoms in total. The number of rotatable bonds is 0. The number of carbonyl (C=O) groups excluding carboxylic acids is 1. The summed E-state index contributed by atoms with van der Waals surface area (Å²) in [5, 5.41) is 0. The molecule has 0 spiro atoms. The Morgan fingerprint density at radius 1 is 1.70 bits per heavy atom. The van der Waals surface area contributed by atoms with E-state index < -0.39 is 6.03 Å². The highest BCUT2D eigenvalue weighted by Crippen LogP contribution is 2.16. The summed E-state index contributed by atoms with van der Waals surface area (Å²) in [6, 6.07) is -0.451. The van der Waals surface area contributed by atoms with E-state index in [0.717, 1.165) is 6.42 Å². The third-order valence-electron chi connectivity index (χ3n) is 1.57. The SMILES string of the molecule is O=C1N=CC2CCOC2=N1. The van der Waals surface area contributed by atoms with Crippen LogP contribution in [0.1, 0.15) is 6.42 Å². The zero-order valence-electron chi connectivity index (χ0n) is 5.28. The predicted octanol–water partition coefficient (Wildman–Crippen LogP) is 0.626. The van der Waals surface area contributed by atoms with E-state index in [1.54, 1.807) is 6.21 Å². The average molecular weight is 138 g/mol. The van der Waals surface area contributed by atoms with Crippen molar-refractivity contribution < 1.29 is 9.53 Å². The summed E-state index contributed by atoms with van der Waals surface area (Å²) in [6.45, 7) is 0.656. The molecule has 0 N–H and O–H groups in total. The molecule has 2 heterocycles. The zero-order chi connectivity index (χ0) is 6.97. The van der Waals surface area contributed by atoms with Gasteiger partial charge in [0.15, 0.2) is 0 Å². The Labute approximate surface area is 57.6 Å². The molecule has 2 aliphatic heterocycles. The number of carbonyl (C=O) groups is 1. The first-order valence-electron chi connectivity index (χ1n) is 3.16. The number of hydrogen-bond acceptors (Lipinski definition) is 2. The van der Waals surface area contributed by atoms with Crippen molar-refractivity contribution in [3.05, 3.63) is 0 Å². The Morgan fingerprint density at radius 2 is 2.60 bits per heavy atom.